The second-order valence-corrected chi connectivity index (χ2v) is 6.50. The summed E-state index contributed by atoms with van der Waals surface area (Å²) in [5.41, 5.74) is 2.09. The lowest BCUT2D eigenvalue weighted by Crippen LogP contribution is -2.35. The van der Waals surface area contributed by atoms with E-state index in [0.29, 0.717) is 18.5 Å². The van der Waals surface area contributed by atoms with Crippen molar-refractivity contribution in [2.75, 3.05) is 6.54 Å². The van der Waals surface area contributed by atoms with E-state index in [1.54, 1.807) is 30.0 Å². The Kier molecular flexibility index (Phi) is 4.83. The Morgan fingerprint density at radius 2 is 1.88 bits per heavy atom. The minimum atomic E-state index is -1.05. The molecule has 0 bridgehead atoms. The van der Waals surface area contributed by atoms with Crippen LogP contribution in [0.4, 0.5) is 4.39 Å². The third kappa shape index (κ3) is 4.24. The van der Waals surface area contributed by atoms with Gasteiger partial charge in [-0.2, -0.15) is 0 Å². The van der Waals surface area contributed by atoms with E-state index in [1.807, 2.05) is 6.07 Å². The number of hydrogen-bond acceptors (Lipinski definition) is 2. The van der Waals surface area contributed by atoms with Gasteiger partial charge < -0.3 is 10.0 Å². The van der Waals surface area contributed by atoms with E-state index < -0.39 is 5.97 Å². The van der Waals surface area contributed by atoms with Crippen molar-refractivity contribution in [2.24, 2.45) is 0 Å². The first-order valence-corrected chi connectivity index (χ1v) is 8.34. The summed E-state index contributed by atoms with van der Waals surface area (Å²) in [6.07, 6.45) is 2.47. The van der Waals surface area contributed by atoms with E-state index >= 15 is 0 Å². The predicted molar refractivity (Wildman–Crippen MR) is 92.3 cm³/mol. The van der Waals surface area contributed by atoms with Gasteiger partial charge in [0.2, 0.25) is 0 Å². The Balaban J connectivity index is 1.78. The number of rotatable bonds is 6. The van der Waals surface area contributed by atoms with Crippen LogP contribution in [-0.2, 0) is 6.42 Å². The molecule has 5 heteroatoms. The monoisotopic (exact) mass is 341 g/mol. The number of carbonyl (C=O) groups excluding carboxylic acids is 1. The summed E-state index contributed by atoms with van der Waals surface area (Å²) in [6, 6.07) is 11.3. The van der Waals surface area contributed by atoms with Gasteiger partial charge in [-0.05, 0) is 67.6 Å². The van der Waals surface area contributed by atoms with Gasteiger partial charge in [0.25, 0.3) is 5.91 Å². The van der Waals surface area contributed by atoms with E-state index in [2.05, 4.69) is 0 Å². The summed E-state index contributed by atoms with van der Waals surface area (Å²) in [6.45, 7) is 2.26. The number of benzene rings is 2. The van der Waals surface area contributed by atoms with Gasteiger partial charge in [0.05, 0.1) is 5.56 Å². The van der Waals surface area contributed by atoms with Crippen LogP contribution in [0.2, 0.25) is 0 Å². The van der Waals surface area contributed by atoms with Crippen LogP contribution >= 0.6 is 0 Å². The highest BCUT2D eigenvalue weighted by molar-refractivity contribution is 5.98. The average Bonchev–Trinajstić information content (AvgIpc) is 3.39. The van der Waals surface area contributed by atoms with Gasteiger partial charge in [0.15, 0.2) is 0 Å². The molecule has 1 fully saturated rings. The maximum absolute atomic E-state index is 13.3. The smallest absolute Gasteiger partial charge is 0.335 e. The summed E-state index contributed by atoms with van der Waals surface area (Å²) in [5.74, 6) is -1.49. The number of amides is 1. The topological polar surface area (TPSA) is 57.6 Å². The molecular weight excluding hydrogens is 321 g/mol. The lowest BCUT2D eigenvalue weighted by atomic mass is 10.0. The van der Waals surface area contributed by atoms with Crippen molar-refractivity contribution in [1.82, 2.24) is 4.90 Å². The molecule has 25 heavy (non-hydrogen) atoms. The van der Waals surface area contributed by atoms with Crippen LogP contribution in [0.3, 0.4) is 0 Å². The van der Waals surface area contributed by atoms with E-state index in [-0.39, 0.29) is 23.3 Å². The Labute approximate surface area is 145 Å². The summed E-state index contributed by atoms with van der Waals surface area (Å²) < 4.78 is 13.3. The molecule has 0 spiro atoms. The molecule has 0 unspecified atom stereocenters. The van der Waals surface area contributed by atoms with Crippen molar-refractivity contribution in [2.45, 2.75) is 32.2 Å². The van der Waals surface area contributed by atoms with Crippen molar-refractivity contribution in [1.29, 1.82) is 0 Å². The van der Waals surface area contributed by atoms with Gasteiger partial charge in [-0.1, -0.05) is 12.1 Å². The summed E-state index contributed by atoms with van der Waals surface area (Å²) in [7, 11) is 0. The molecule has 130 valence electrons. The fourth-order valence-electron chi connectivity index (χ4n) is 2.97. The standard InChI is InChI=1S/C20H20FNO3/c1-13-9-15(12-16(10-13)20(24)25)19(23)22(18-5-6-18)8-7-14-3-2-4-17(21)11-14/h2-4,9-12,18H,5-8H2,1H3,(H,24,25). The first-order chi connectivity index (χ1) is 11.9. The maximum atomic E-state index is 13.3. The average molecular weight is 341 g/mol. The number of aromatic carboxylic acids is 1. The number of hydrogen-bond donors (Lipinski definition) is 1. The largest absolute Gasteiger partial charge is 0.478 e. The number of nitrogens with zero attached hydrogens (tertiary/aromatic N) is 1. The highest BCUT2D eigenvalue weighted by Gasteiger charge is 2.33. The van der Waals surface area contributed by atoms with Crippen LogP contribution in [0.1, 0.15) is 44.7 Å². The SMILES string of the molecule is Cc1cc(C(=O)O)cc(C(=O)N(CCc2cccc(F)c2)C2CC2)c1. The molecule has 2 aromatic rings. The third-order valence-electron chi connectivity index (χ3n) is 4.35. The van der Waals surface area contributed by atoms with Gasteiger partial charge in [0.1, 0.15) is 5.82 Å². The Morgan fingerprint density at radius 3 is 2.52 bits per heavy atom. The molecule has 4 nitrogen and oxygen atoms in total. The fourth-order valence-corrected chi connectivity index (χ4v) is 2.97. The van der Waals surface area contributed by atoms with Gasteiger partial charge in [0, 0.05) is 18.2 Å². The van der Waals surface area contributed by atoms with Crippen molar-refractivity contribution in [3.05, 3.63) is 70.5 Å². The Bertz CT molecular complexity index is 814. The first-order valence-electron chi connectivity index (χ1n) is 8.34. The van der Waals surface area contributed by atoms with Gasteiger partial charge in [-0.25, -0.2) is 9.18 Å². The summed E-state index contributed by atoms with van der Waals surface area (Å²) >= 11 is 0. The van der Waals surface area contributed by atoms with Crippen LogP contribution in [0.15, 0.2) is 42.5 Å². The van der Waals surface area contributed by atoms with Crippen LogP contribution < -0.4 is 0 Å². The second kappa shape index (κ2) is 7.05. The van der Waals surface area contributed by atoms with Gasteiger partial charge >= 0.3 is 5.97 Å². The summed E-state index contributed by atoms with van der Waals surface area (Å²) in [4.78, 5) is 25.9. The molecule has 3 rings (SSSR count). The lowest BCUT2D eigenvalue weighted by Gasteiger charge is -2.23. The third-order valence-corrected chi connectivity index (χ3v) is 4.35. The molecule has 1 saturated carbocycles. The minimum Gasteiger partial charge on any atom is -0.478 e. The molecular formula is C20H20FNO3. The molecule has 1 aliphatic carbocycles. The van der Waals surface area contributed by atoms with Crippen molar-refractivity contribution < 1.29 is 19.1 Å². The highest BCUT2D eigenvalue weighted by Crippen LogP contribution is 2.29. The number of carbonyl (C=O) groups is 2. The first kappa shape index (κ1) is 17.1. The Morgan fingerprint density at radius 1 is 1.16 bits per heavy atom. The summed E-state index contributed by atoms with van der Waals surface area (Å²) in [5, 5.41) is 9.19. The quantitative estimate of drug-likeness (QED) is 0.872. The van der Waals surface area contributed by atoms with E-state index in [1.165, 1.54) is 18.2 Å². The molecule has 0 saturated heterocycles. The van der Waals surface area contributed by atoms with Crippen LogP contribution in [0.25, 0.3) is 0 Å². The maximum Gasteiger partial charge on any atom is 0.335 e. The molecule has 1 N–H and O–H groups in total. The zero-order chi connectivity index (χ0) is 18.0. The second-order valence-electron chi connectivity index (χ2n) is 6.50. The lowest BCUT2D eigenvalue weighted by molar-refractivity contribution is 0.0696. The molecule has 1 amide bonds. The zero-order valence-electron chi connectivity index (χ0n) is 14.0. The molecule has 0 heterocycles. The number of carboxylic acids is 1. The van der Waals surface area contributed by atoms with E-state index in [0.717, 1.165) is 24.0 Å². The normalized spacial score (nSPS) is 13.5. The van der Waals surface area contributed by atoms with Crippen LogP contribution in [0.5, 0.6) is 0 Å². The molecule has 1 aliphatic rings. The van der Waals surface area contributed by atoms with Crippen molar-refractivity contribution in [3.8, 4) is 0 Å². The minimum absolute atomic E-state index is 0.115. The molecule has 0 atom stereocenters. The molecule has 0 aromatic heterocycles. The highest BCUT2D eigenvalue weighted by atomic mass is 19.1. The Hall–Kier alpha value is -2.69. The number of aryl methyl sites for hydroxylation is 1. The van der Waals surface area contributed by atoms with E-state index in [4.69, 9.17) is 0 Å². The molecule has 0 aliphatic heterocycles. The van der Waals surface area contributed by atoms with Gasteiger partial charge in [-0.15, -0.1) is 0 Å². The predicted octanol–water partition coefficient (Wildman–Crippen LogP) is 3.68. The van der Waals surface area contributed by atoms with E-state index in [9.17, 15) is 19.1 Å². The molecule has 2 aromatic carbocycles. The molecule has 0 radical (unpaired) electrons. The number of halogens is 1. The van der Waals surface area contributed by atoms with Crippen molar-refractivity contribution in [3.63, 3.8) is 0 Å². The van der Waals surface area contributed by atoms with Crippen molar-refractivity contribution >= 4 is 11.9 Å². The zero-order valence-corrected chi connectivity index (χ0v) is 14.0. The van der Waals surface area contributed by atoms with Crippen LogP contribution in [-0.4, -0.2) is 34.5 Å². The number of carboxylic acid groups (broad SMARTS) is 1. The van der Waals surface area contributed by atoms with Crippen LogP contribution in [0, 0.1) is 12.7 Å². The van der Waals surface area contributed by atoms with Gasteiger partial charge in [-0.3, -0.25) is 4.79 Å². The fraction of sp³-hybridized carbons (Fsp3) is 0.300.